The number of rotatable bonds is 7. The summed E-state index contributed by atoms with van der Waals surface area (Å²) in [4.78, 5) is 0. The smallest absolute Gasteiger partial charge is 0.133 e. The third-order valence-electron chi connectivity index (χ3n) is 13.9. The highest BCUT2D eigenvalue weighted by molar-refractivity contribution is 6.13. The molecule has 10 aromatic carbocycles. The molecule has 0 amide bonds. The fourth-order valence-electron chi connectivity index (χ4n) is 10.6. The van der Waals surface area contributed by atoms with Gasteiger partial charge in [-0.05, 0) is 123 Å². The van der Waals surface area contributed by atoms with Crippen LogP contribution in [0.25, 0.3) is 111 Å². The van der Waals surface area contributed by atoms with Gasteiger partial charge < -0.3 is 9.13 Å². The van der Waals surface area contributed by atoms with E-state index in [0.29, 0.717) is 77.9 Å². The molecule has 0 aliphatic rings. The average molecular weight is 950 g/mol. The lowest BCUT2D eigenvalue weighted by Gasteiger charge is -2.19. The van der Waals surface area contributed by atoms with Crippen molar-refractivity contribution in [2.24, 2.45) is 0 Å². The van der Waals surface area contributed by atoms with Gasteiger partial charge >= 0.3 is 0 Å². The first-order valence-corrected chi connectivity index (χ1v) is 23.5. The van der Waals surface area contributed by atoms with Crippen LogP contribution in [0, 0.1) is 68.3 Å². The summed E-state index contributed by atoms with van der Waals surface area (Å²) in [6.45, 7) is 0. The maximum atomic E-state index is 16.5. The Labute approximate surface area is 423 Å². The summed E-state index contributed by atoms with van der Waals surface area (Å²) in [6, 6.07) is 71.5. The van der Waals surface area contributed by atoms with Crippen molar-refractivity contribution in [3.63, 3.8) is 0 Å². The summed E-state index contributed by atoms with van der Waals surface area (Å²) in [5.41, 5.74) is 10.6. The topological polar surface area (TPSA) is 129 Å². The van der Waals surface area contributed by atoms with Crippen molar-refractivity contribution in [3.8, 4) is 97.4 Å². The van der Waals surface area contributed by atoms with Gasteiger partial charge in [0, 0.05) is 21.5 Å². The van der Waals surface area contributed by atoms with E-state index in [9.17, 15) is 26.3 Å². The van der Waals surface area contributed by atoms with Crippen molar-refractivity contribution >= 4 is 43.6 Å². The van der Waals surface area contributed by atoms with E-state index in [0.717, 1.165) is 43.8 Å². The summed E-state index contributed by atoms with van der Waals surface area (Å²) >= 11 is 0. The van der Waals surface area contributed by atoms with E-state index in [1.54, 1.807) is 60.7 Å². The van der Waals surface area contributed by atoms with Crippen molar-refractivity contribution < 1.29 is 8.78 Å². The monoisotopic (exact) mass is 949 g/mol. The van der Waals surface area contributed by atoms with Gasteiger partial charge in [-0.25, -0.2) is 8.78 Å². The fourth-order valence-corrected chi connectivity index (χ4v) is 10.6. The van der Waals surface area contributed by atoms with Gasteiger partial charge in [0.05, 0.1) is 85.5 Å². The number of fused-ring (bicyclic) bond motifs is 6. The molecule has 0 saturated carbocycles. The van der Waals surface area contributed by atoms with Crippen molar-refractivity contribution in [2.75, 3.05) is 0 Å². The van der Waals surface area contributed by atoms with E-state index in [2.05, 4.69) is 30.3 Å². The molecule has 0 bridgehead atoms. The molecule has 74 heavy (non-hydrogen) atoms. The Morgan fingerprint density at radius 2 is 0.595 bits per heavy atom. The van der Waals surface area contributed by atoms with E-state index in [1.165, 1.54) is 18.2 Å². The molecule has 0 aliphatic carbocycles. The van der Waals surface area contributed by atoms with E-state index >= 15 is 8.78 Å². The number of nitrogens with zero attached hydrogens (tertiary/aromatic N) is 7. The Balaban J connectivity index is 1.26. The second kappa shape index (κ2) is 17.8. The van der Waals surface area contributed by atoms with Gasteiger partial charge in [-0.1, -0.05) is 127 Å². The van der Waals surface area contributed by atoms with Crippen molar-refractivity contribution in [3.05, 3.63) is 240 Å². The summed E-state index contributed by atoms with van der Waals surface area (Å²) in [6.07, 6.45) is 0. The van der Waals surface area contributed by atoms with Crippen molar-refractivity contribution in [1.82, 2.24) is 9.13 Å². The quantitative estimate of drug-likeness (QED) is 0.157. The molecule has 0 aliphatic heterocycles. The summed E-state index contributed by atoms with van der Waals surface area (Å²) in [5.74, 6) is -1.62. The minimum Gasteiger partial charge on any atom is -0.308 e. The van der Waals surface area contributed by atoms with Gasteiger partial charge in [0.25, 0.3) is 0 Å². The first-order chi connectivity index (χ1) is 36.3. The van der Waals surface area contributed by atoms with E-state index in [-0.39, 0.29) is 16.7 Å². The molecule has 0 unspecified atom stereocenters. The fraction of sp³-hybridized carbons (Fsp3) is 0. The number of hydrogen-bond donors (Lipinski definition) is 0. The van der Waals surface area contributed by atoms with Crippen LogP contribution in [0.3, 0.4) is 0 Å². The number of benzene rings is 10. The van der Waals surface area contributed by atoms with Crippen LogP contribution in [0.2, 0.25) is 0 Å². The molecule has 2 aromatic heterocycles. The van der Waals surface area contributed by atoms with Crippen molar-refractivity contribution in [1.29, 1.82) is 26.3 Å². The lowest BCUT2D eigenvalue weighted by Crippen LogP contribution is -2.06. The molecular formula is C65H33F2N7. The van der Waals surface area contributed by atoms with Crippen LogP contribution in [-0.2, 0) is 0 Å². The molecular weight excluding hydrogens is 917 g/mol. The molecule has 0 N–H and O–H groups in total. The third-order valence-corrected chi connectivity index (χ3v) is 13.9. The number of nitriles is 5. The van der Waals surface area contributed by atoms with Crippen LogP contribution in [0.15, 0.2) is 200 Å². The summed E-state index contributed by atoms with van der Waals surface area (Å²) < 4.78 is 36.9. The molecule has 12 aromatic rings. The van der Waals surface area contributed by atoms with Crippen LogP contribution in [0.1, 0.15) is 27.8 Å². The minimum atomic E-state index is -0.812. The van der Waals surface area contributed by atoms with Crippen LogP contribution in [0.4, 0.5) is 8.78 Å². The summed E-state index contributed by atoms with van der Waals surface area (Å²) in [7, 11) is 0. The Hall–Kier alpha value is -10.9. The zero-order valence-corrected chi connectivity index (χ0v) is 38.9. The normalized spacial score (nSPS) is 11.0. The van der Waals surface area contributed by atoms with Gasteiger partial charge in [-0.3, -0.25) is 0 Å². The second-order valence-corrected chi connectivity index (χ2v) is 17.8. The van der Waals surface area contributed by atoms with Gasteiger partial charge in [0.1, 0.15) is 23.3 Å². The standard InChI is InChI=1S/C65H33F2N7/c66-57-18-9-19-58(67)65(57)47-32-63(73-59-28-39(48-14-5-1-10-43(48)34-68)20-24-52(59)53-25-21-40(29-60(53)73)49-15-6-2-11-44(49)35-69)56(38-72)64(33-47)74-61-30-41(50-16-7-3-12-45(50)36-70)22-26-54(61)55-27-23-42(31-62(55)74)51-17-8-4-13-46(51)37-71/h1-33H. The highest BCUT2D eigenvalue weighted by Crippen LogP contribution is 2.44. The maximum absolute atomic E-state index is 16.5. The zero-order valence-electron chi connectivity index (χ0n) is 38.9. The molecule has 0 saturated heterocycles. The number of aromatic nitrogens is 2. The Morgan fingerprint density at radius 3 is 0.878 bits per heavy atom. The SMILES string of the molecule is N#Cc1ccccc1-c1ccc2c3ccc(-c4ccccc4C#N)cc3n(-c3cc(-c4c(F)cccc4F)cc(-n4c5cc(-c6ccccc6C#N)ccc5c5ccc(-c6ccccc6C#N)cc54)c3C#N)c2c1. The molecule has 0 radical (unpaired) electrons. The molecule has 0 spiro atoms. The van der Waals surface area contributed by atoms with Crippen LogP contribution >= 0.6 is 0 Å². The first kappa shape index (κ1) is 44.3. The highest BCUT2D eigenvalue weighted by Gasteiger charge is 2.26. The molecule has 12 rings (SSSR count). The molecule has 2 heterocycles. The second-order valence-electron chi connectivity index (χ2n) is 17.8. The average Bonchev–Trinajstić information content (AvgIpc) is 3.95. The van der Waals surface area contributed by atoms with Gasteiger partial charge in [0.15, 0.2) is 0 Å². The Morgan fingerprint density at radius 1 is 0.297 bits per heavy atom. The van der Waals surface area contributed by atoms with Crippen LogP contribution < -0.4 is 0 Å². The highest BCUT2D eigenvalue weighted by atomic mass is 19.1. The summed E-state index contributed by atoms with van der Waals surface area (Å²) in [5, 5.41) is 56.1. The molecule has 0 fully saturated rings. The number of halogens is 2. The maximum Gasteiger partial charge on any atom is 0.133 e. The molecule has 7 nitrogen and oxygen atoms in total. The lowest BCUT2D eigenvalue weighted by atomic mass is 9.98. The van der Waals surface area contributed by atoms with Gasteiger partial charge in [0.2, 0.25) is 0 Å². The largest absolute Gasteiger partial charge is 0.308 e. The van der Waals surface area contributed by atoms with Crippen molar-refractivity contribution in [2.45, 2.75) is 0 Å². The Bertz CT molecular complexity index is 4090. The van der Waals surface area contributed by atoms with E-state index in [1.807, 2.05) is 130 Å². The van der Waals surface area contributed by atoms with E-state index < -0.39 is 11.6 Å². The van der Waals surface area contributed by atoms with Crippen LogP contribution in [-0.4, -0.2) is 9.13 Å². The van der Waals surface area contributed by atoms with E-state index in [4.69, 9.17) is 0 Å². The lowest BCUT2D eigenvalue weighted by molar-refractivity contribution is 0.589. The van der Waals surface area contributed by atoms with Gasteiger partial charge in [-0.2, -0.15) is 26.3 Å². The zero-order chi connectivity index (χ0) is 50.6. The Kier molecular flexibility index (Phi) is 10.7. The van der Waals surface area contributed by atoms with Gasteiger partial charge in [-0.15, -0.1) is 0 Å². The third kappa shape index (κ3) is 7.04. The predicted molar refractivity (Wildman–Crippen MR) is 286 cm³/mol. The molecule has 9 heteroatoms. The predicted octanol–water partition coefficient (Wildman–Crippen LogP) is 15.9. The number of hydrogen-bond acceptors (Lipinski definition) is 5. The first-order valence-electron chi connectivity index (χ1n) is 23.5. The minimum absolute atomic E-state index is 0.142. The molecule has 0 atom stereocenters. The van der Waals surface area contributed by atoms with Crippen LogP contribution in [0.5, 0.6) is 0 Å². The molecule has 342 valence electrons.